The van der Waals surface area contributed by atoms with Crippen molar-refractivity contribution in [1.82, 2.24) is 9.55 Å². The van der Waals surface area contributed by atoms with Crippen LogP contribution in [-0.2, 0) is 18.3 Å². The van der Waals surface area contributed by atoms with Crippen LogP contribution >= 0.6 is 0 Å². The van der Waals surface area contributed by atoms with E-state index in [0.29, 0.717) is 45.9 Å². The van der Waals surface area contributed by atoms with E-state index in [0.717, 1.165) is 18.2 Å². The largest absolute Gasteiger partial charge is 0.430 e. The fourth-order valence-corrected chi connectivity index (χ4v) is 4.29. The quantitative estimate of drug-likeness (QED) is 0.260. The molecule has 4 rings (SSSR count). The van der Waals surface area contributed by atoms with E-state index in [1.807, 2.05) is 0 Å². The molecule has 0 saturated carbocycles. The number of aromatic amines is 1. The molecule has 0 fully saturated rings. The molecule has 0 amide bonds. The Kier molecular flexibility index (Phi) is 6.17. The van der Waals surface area contributed by atoms with Crippen LogP contribution in [0.2, 0.25) is 0 Å². The van der Waals surface area contributed by atoms with E-state index in [1.54, 1.807) is 24.5 Å². The fraction of sp³-hybridized carbons (Fsp3) is 0.280. The first kappa shape index (κ1) is 26.6. The topological polar surface area (TPSA) is 41.0 Å². The second-order valence-corrected chi connectivity index (χ2v) is 8.76. The van der Waals surface area contributed by atoms with Gasteiger partial charge in [-0.1, -0.05) is 18.2 Å². The zero-order chi connectivity index (χ0) is 27.6. The van der Waals surface area contributed by atoms with Gasteiger partial charge in [0.1, 0.15) is 0 Å². The Balaban J connectivity index is 1.72. The monoisotopic (exact) mass is 534 g/mol. The van der Waals surface area contributed by atoms with Gasteiger partial charge in [0.25, 0.3) is 5.60 Å². The summed E-state index contributed by atoms with van der Waals surface area (Å²) >= 11 is 0. The van der Waals surface area contributed by atoms with Gasteiger partial charge in [-0.05, 0) is 61.4 Å². The molecule has 0 atom stereocenters. The third-order valence-corrected chi connectivity index (χ3v) is 6.30. The van der Waals surface area contributed by atoms with Crippen molar-refractivity contribution in [2.45, 2.75) is 44.5 Å². The Hall–Kier alpha value is -3.41. The van der Waals surface area contributed by atoms with Gasteiger partial charge in [-0.3, -0.25) is 0 Å². The molecule has 12 heteroatoms. The predicted molar refractivity (Wildman–Crippen MR) is 118 cm³/mol. The number of aryl methyl sites for hydroxylation is 2. The summed E-state index contributed by atoms with van der Waals surface area (Å²) in [6, 6.07) is 10.0. The zero-order valence-corrected chi connectivity index (χ0v) is 19.2. The van der Waals surface area contributed by atoms with Crippen LogP contribution in [-0.4, -0.2) is 27.0 Å². The van der Waals surface area contributed by atoms with Crippen LogP contribution in [0.1, 0.15) is 28.1 Å². The van der Waals surface area contributed by atoms with Gasteiger partial charge in [-0.2, -0.15) is 39.5 Å². The van der Waals surface area contributed by atoms with Crippen molar-refractivity contribution in [3.05, 3.63) is 82.7 Å². The van der Waals surface area contributed by atoms with Crippen LogP contribution in [0.3, 0.4) is 0 Å². The number of alkyl halides is 9. The molecule has 0 spiro atoms. The Morgan fingerprint density at radius 1 is 0.784 bits per heavy atom. The van der Waals surface area contributed by atoms with Gasteiger partial charge in [-0.15, -0.1) is 0 Å². The lowest BCUT2D eigenvalue weighted by Gasteiger charge is -2.32. The number of aliphatic hydroxyl groups is 1. The van der Waals surface area contributed by atoms with E-state index in [1.165, 1.54) is 18.2 Å². The maximum Gasteiger partial charge on any atom is 0.430 e. The molecule has 198 valence electrons. The van der Waals surface area contributed by atoms with Gasteiger partial charge in [0.05, 0.1) is 5.56 Å². The number of halogens is 9. The Labute approximate surface area is 204 Å². The summed E-state index contributed by atoms with van der Waals surface area (Å²) in [6.45, 7) is 3.44. The highest BCUT2D eigenvalue weighted by atomic mass is 19.4. The van der Waals surface area contributed by atoms with Crippen molar-refractivity contribution < 1.29 is 44.6 Å². The van der Waals surface area contributed by atoms with Gasteiger partial charge in [0.15, 0.2) is 0 Å². The first-order valence-electron chi connectivity index (χ1n) is 10.8. The van der Waals surface area contributed by atoms with E-state index in [2.05, 4.69) is 4.98 Å². The van der Waals surface area contributed by atoms with Crippen LogP contribution in [0, 0.1) is 13.8 Å². The second kappa shape index (κ2) is 8.57. The standard InChI is InChI=1S/C25H19F9N2O/c1-13-8-16-10-18(22(37,24(29,30)31)25(32,33)34)6-7-21(16)36(13)12-17-11-20(35-14(17)2)15-4-3-5-19(9-15)23(26,27)28/h3-11,35,37H,12H2,1-2H3. The Morgan fingerprint density at radius 3 is 2.03 bits per heavy atom. The first-order chi connectivity index (χ1) is 16.9. The van der Waals surface area contributed by atoms with Crippen molar-refractivity contribution >= 4 is 10.9 Å². The molecule has 0 saturated heterocycles. The smallest absolute Gasteiger partial charge is 0.369 e. The molecule has 4 aromatic rings. The Bertz CT molecular complexity index is 1440. The van der Waals surface area contributed by atoms with Crippen molar-refractivity contribution in [1.29, 1.82) is 0 Å². The minimum atomic E-state index is -6.00. The lowest BCUT2D eigenvalue weighted by atomic mass is 9.91. The summed E-state index contributed by atoms with van der Waals surface area (Å²) in [5.41, 5.74) is -4.42. The highest BCUT2D eigenvalue weighted by molar-refractivity contribution is 5.82. The number of nitrogens with one attached hydrogen (secondary N) is 1. The van der Waals surface area contributed by atoms with Gasteiger partial charge in [0.2, 0.25) is 0 Å². The van der Waals surface area contributed by atoms with Gasteiger partial charge in [-0.25, -0.2) is 0 Å². The summed E-state index contributed by atoms with van der Waals surface area (Å²) in [5, 5.41) is 9.76. The number of aromatic nitrogens is 2. The summed E-state index contributed by atoms with van der Waals surface area (Å²) < 4.78 is 121. The summed E-state index contributed by atoms with van der Waals surface area (Å²) in [6.07, 6.45) is -16.5. The predicted octanol–water partition coefficient (Wildman–Crippen LogP) is 7.63. The number of H-pyrrole nitrogens is 1. The van der Waals surface area contributed by atoms with Crippen LogP contribution < -0.4 is 0 Å². The summed E-state index contributed by atoms with van der Waals surface area (Å²) in [7, 11) is 0. The third kappa shape index (κ3) is 4.58. The molecule has 3 nitrogen and oxygen atoms in total. The van der Waals surface area contributed by atoms with E-state index in [9.17, 15) is 44.6 Å². The van der Waals surface area contributed by atoms with Gasteiger partial charge >= 0.3 is 18.5 Å². The minimum Gasteiger partial charge on any atom is -0.369 e. The summed E-state index contributed by atoms with van der Waals surface area (Å²) in [4.78, 5) is 3.02. The average Bonchev–Trinajstić information content (AvgIpc) is 3.30. The number of fused-ring (bicyclic) bond motifs is 1. The molecule has 2 aromatic carbocycles. The van der Waals surface area contributed by atoms with Crippen molar-refractivity contribution in [3.8, 4) is 11.3 Å². The van der Waals surface area contributed by atoms with Gasteiger partial charge in [0, 0.05) is 40.1 Å². The van der Waals surface area contributed by atoms with E-state index in [-0.39, 0.29) is 11.9 Å². The minimum absolute atomic E-state index is 0.0493. The van der Waals surface area contributed by atoms with Crippen molar-refractivity contribution in [2.75, 3.05) is 0 Å². The number of nitrogens with zero attached hydrogens (tertiary/aromatic N) is 1. The van der Waals surface area contributed by atoms with Gasteiger partial charge < -0.3 is 14.7 Å². The molecule has 0 aliphatic rings. The highest BCUT2D eigenvalue weighted by Crippen LogP contribution is 2.50. The molecule has 0 bridgehead atoms. The molecule has 2 heterocycles. The number of benzene rings is 2. The fourth-order valence-electron chi connectivity index (χ4n) is 4.29. The third-order valence-electron chi connectivity index (χ3n) is 6.30. The van der Waals surface area contributed by atoms with Crippen LogP contribution in [0.5, 0.6) is 0 Å². The maximum atomic E-state index is 13.3. The lowest BCUT2D eigenvalue weighted by molar-refractivity contribution is -0.376. The maximum absolute atomic E-state index is 13.3. The molecule has 0 unspecified atom stereocenters. The van der Waals surface area contributed by atoms with E-state index < -0.39 is 35.3 Å². The lowest BCUT2D eigenvalue weighted by Crippen LogP contribution is -2.53. The SMILES string of the molecule is Cc1[nH]c(-c2cccc(C(F)(F)F)c2)cc1Cn1c(C)cc2cc(C(O)(C(F)(F)F)C(F)(F)F)ccc21. The molecule has 0 aliphatic heterocycles. The normalized spacial score (nSPS) is 13.5. The molecule has 2 aromatic heterocycles. The number of hydrogen-bond acceptors (Lipinski definition) is 1. The molecular formula is C25H19F9N2O. The van der Waals surface area contributed by atoms with Crippen molar-refractivity contribution in [2.24, 2.45) is 0 Å². The number of hydrogen-bond donors (Lipinski definition) is 2. The van der Waals surface area contributed by atoms with E-state index in [4.69, 9.17) is 0 Å². The molecule has 0 radical (unpaired) electrons. The second-order valence-electron chi connectivity index (χ2n) is 8.76. The van der Waals surface area contributed by atoms with E-state index >= 15 is 0 Å². The van der Waals surface area contributed by atoms with Crippen LogP contribution in [0.15, 0.2) is 54.6 Å². The molecular weight excluding hydrogens is 515 g/mol. The highest BCUT2D eigenvalue weighted by Gasteiger charge is 2.71. The van der Waals surface area contributed by atoms with Crippen LogP contribution in [0.4, 0.5) is 39.5 Å². The first-order valence-corrected chi connectivity index (χ1v) is 10.8. The summed E-state index contributed by atoms with van der Waals surface area (Å²) in [5.74, 6) is 0. The molecule has 2 N–H and O–H groups in total. The van der Waals surface area contributed by atoms with Crippen molar-refractivity contribution in [3.63, 3.8) is 0 Å². The molecule has 0 aliphatic carbocycles. The Morgan fingerprint density at radius 2 is 1.43 bits per heavy atom. The van der Waals surface area contributed by atoms with Crippen LogP contribution in [0.25, 0.3) is 22.2 Å². The average molecular weight is 534 g/mol. The molecule has 37 heavy (non-hydrogen) atoms. The number of rotatable bonds is 4. The zero-order valence-electron chi connectivity index (χ0n) is 19.2.